The molecule has 0 fully saturated rings. The van der Waals surface area contributed by atoms with Crippen molar-refractivity contribution in [3.8, 4) is 0 Å². The van der Waals surface area contributed by atoms with Gasteiger partial charge in [0.1, 0.15) is 0 Å². The number of hydrogen-bond donors (Lipinski definition) is 1. The van der Waals surface area contributed by atoms with Crippen molar-refractivity contribution in [2.75, 3.05) is 5.73 Å². The van der Waals surface area contributed by atoms with E-state index in [-0.39, 0.29) is 10.6 Å². The fourth-order valence-electron chi connectivity index (χ4n) is 2.17. The Morgan fingerprint density at radius 3 is 1.85 bits per heavy atom. The second-order valence-electron chi connectivity index (χ2n) is 5.06. The zero-order chi connectivity index (χ0) is 20.1. The zero-order valence-electron chi connectivity index (χ0n) is 16.6. The second kappa shape index (κ2) is 12.5. The van der Waals surface area contributed by atoms with Gasteiger partial charge in [-0.2, -0.15) is 0 Å². The SMILES string of the molecule is CC.CC.Cc1ccc2ccccc2c1N.Cc1ccccc1[N+](=O)[O-]. The van der Waals surface area contributed by atoms with Crippen molar-refractivity contribution >= 4 is 22.1 Å². The normalized spacial score (nSPS) is 8.85. The van der Waals surface area contributed by atoms with E-state index in [9.17, 15) is 10.1 Å². The first-order valence-corrected chi connectivity index (χ1v) is 8.94. The quantitative estimate of drug-likeness (QED) is 0.301. The molecule has 0 atom stereocenters. The predicted molar refractivity (Wildman–Crippen MR) is 114 cm³/mol. The average molecular weight is 354 g/mol. The molecule has 0 aliphatic rings. The molecule has 0 aliphatic heterocycles. The highest BCUT2D eigenvalue weighted by Crippen LogP contribution is 2.23. The van der Waals surface area contributed by atoms with E-state index in [4.69, 9.17) is 5.73 Å². The number of fused-ring (bicyclic) bond motifs is 1. The Labute approximate surface area is 156 Å². The van der Waals surface area contributed by atoms with Gasteiger partial charge in [-0.1, -0.05) is 82.3 Å². The third-order valence-corrected chi connectivity index (χ3v) is 3.50. The molecule has 0 bridgehead atoms. The van der Waals surface area contributed by atoms with E-state index in [1.807, 2.05) is 46.8 Å². The third kappa shape index (κ3) is 6.55. The minimum Gasteiger partial charge on any atom is -0.398 e. The summed E-state index contributed by atoms with van der Waals surface area (Å²) in [4.78, 5) is 9.85. The fourth-order valence-corrected chi connectivity index (χ4v) is 2.17. The van der Waals surface area contributed by atoms with Gasteiger partial charge in [-0.3, -0.25) is 10.1 Å². The largest absolute Gasteiger partial charge is 0.398 e. The van der Waals surface area contributed by atoms with E-state index < -0.39 is 0 Å². The lowest BCUT2D eigenvalue weighted by atomic mass is 10.1. The van der Waals surface area contributed by atoms with Crippen molar-refractivity contribution in [2.24, 2.45) is 0 Å². The van der Waals surface area contributed by atoms with Crippen molar-refractivity contribution in [1.29, 1.82) is 0 Å². The molecule has 0 saturated heterocycles. The standard InChI is InChI=1S/C11H11N.C7H7NO2.2C2H6/c1-8-6-7-9-4-2-3-5-10(9)11(8)12;1-6-4-2-3-5-7(6)8(9)10;2*1-2/h2-7H,12H2,1H3;2-5H,1H3;2*1-2H3. The molecule has 0 aliphatic carbocycles. The number of benzene rings is 3. The van der Waals surface area contributed by atoms with E-state index in [1.165, 1.54) is 11.5 Å². The van der Waals surface area contributed by atoms with Gasteiger partial charge < -0.3 is 5.73 Å². The Morgan fingerprint density at radius 1 is 0.769 bits per heavy atom. The molecular formula is C22H30N2O2. The highest BCUT2D eigenvalue weighted by atomic mass is 16.6. The summed E-state index contributed by atoms with van der Waals surface area (Å²) < 4.78 is 0. The Hall–Kier alpha value is -2.88. The van der Waals surface area contributed by atoms with Gasteiger partial charge in [0.2, 0.25) is 0 Å². The first-order valence-electron chi connectivity index (χ1n) is 8.94. The van der Waals surface area contributed by atoms with Gasteiger partial charge >= 0.3 is 0 Å². The molecule has 26 heavy (non-hydrogen) atoms. The van der Waals surface area contributed by atoms with Crippen LogP contribution in [0.4, 0.5) is 11.4 Å². The van der Waals surface area contributed by atoms with Gasteiger partial charge in [0, 0.05) is 22.7 Å². The summed E-state index contributed by atoms with van der Waals surface area (Å²) >= 11 is 0. The molecule has 3 aromatic carbocycles. The van der Waals surface area contributed by atoms with E-state index in [1.54, 1.807) is 25.1 Å². The maximum atomic E-state index is 10.2. The van der Waals surface area contributed by atoms with Crippen molar-refractivity contribution in [3.63, 3.8) is 0 Å². The Kier molecular flexibility index (Phi) is 11.1. The van der Waals surface area contributed by atoms with Crippen molar-refractivity contribution < 1.29 is 4.92 Å². The van der Waals surface area contributed by atoms with Gasteiger partial charge in [0.15, 0.2) is 0 Å². The Morgan fingerprint density at radius 2 is 1.31 bits per heavy atom. The maximum Gasteiger partial charge on any atom is 0.272 e. The summed E-state index contributed by atoms with van der Waals surface area (Å²) in [5, 5.41) is 12.6. The number of para-hydroxylation sites is 1. The van der Waals surface area contributed by atoms with Crippen LogP contribution in [0.5, 0.6) is 0 Å². The van der Waals surface area contributed by atoms with Gasteiger partial charge in [-0.25, -0.2) is 0 Å². The molecule has 0 aromatic heterocycles. The monoisotopic (exact) mass is 354 g/mol. The van der Waals surface area contributed by atoms with E-state index in [0.717, 1.165) is 16.6 Å². The van der Waals surface area contributed by atoms with Crippen molar-refractivity contribution in [3.05, 3.63) is 81.9 Å². The fraction of sp³-hybridized carbons (Fsp3) is 0.273. The van der Waals surface area contributed by atoms with Crippen LogP contribution in [0.1, 0.15) is 38.8 Å². The summed E-state index contributed by atoms with van der Waals surface area (Å²) in [7, 11) is 0. The molecule has 4 heteroatoms. The summed E-state index contributed by atoms with van der Waals surface area (Å²) in [6.45, 7) is 11.7. The number of nitro groups is 1. The number of rotatable bonds is 1. The number of hydrogen-bond acceptors (Lipinski definition) is 3. The Balaban J connectivity index is 0.000000409. The third-order valence-electron chi connectivity index (χ3n) is 3.50. The van der Waals surface area contributed by atoms with Crippen LogP contribution < -0.4 is 5.73 Å². The molecule has 2 N–H and O–H groups in total. The van der Waals surface area contributed by atoms with Crippen LogP contribution in [0.25, 0.3) is 10.8 Å². The number of nitrogens with two attached hydrogens (primary N) is 1. The maximum absolute atomic E-state index is 10.2. The number of nitro benzene ring substituents is 1. The van der Waals surface area contributed by atoms with Gasteiger partial charge in [0.05, 0.1) is 4.92 Å². The van der Waals surface area contributed by atoms with Crippen LogP contribution in [0.2, 0.25) is 0 Å². The average Bonchev–Trinajstić information content (AvgIpc) is 2.69. The van der Waals surface area contributed by atoms with Crippen LogP contribution in [-0.4, -0.2) is 4.92 Å². The first kappa shape index (κ1) is 23.1. The molecule has 3 aromatic rings. The van der Waals surface area contributed by atoms with Gasteiger partial charge in [-0.15, -0.1) is 0 Å². The molecule has 4 nitrogen and oxygen atoms in total. The summed E-state index contributed by atoms with van der Waals surface area (Å²) in [6, 6.07) is 19.0. The Bertz CT molecular complexity index is 814. The van der Waals surface area contributed by atoms with Gasteiger partial charge in [-0.05, 0) is 24.8 Å². The molecule has 140 valence electrons. The number of anilines is 1. The van der Waals surface area contributed by atoms with Crippen molar-refractivity contribution in [2.45, 2.75) is 41.5 Å². The summed E-state index contributed by atoms with van der Waals surface area (Å²) in [6.07, 6.45) is 0. The van der Waals surface area contributed by atoms with E-state index >= 15 is 0 Å². The minimum absolute atomic E-state index is 0.183. The summed E-state index contributed by atoms with van der Waals surface area (Å²) in [5.41, 5.74) is 8.85. The minimum atomic E-state index is -0.380. The highest BCUT2D eigenvalue weighted by molar-refractivity contribution is 5.94. The van der Waals surface area contributed by atoms with Crippen LogP contribution in [0.3, 0.4) is 0 Å². The molecule has 3 rings (SSSR count). The summed E-state index contributed by atoms with van der Waals surface area (Å²) in [5.74, 6) is 0. The lowest BCUT2D eigenvalue weighted by Gasteiger charge is -2.03. The second-order valence-corrected chi connectivity index (χ2v) is 5.06. The molecule has 0 radical (unpaired) electrons. The molecule has 0 saturated carbocycles. The number of nitrogens with zero attached hydrogens (tertiary/aromatic N) is 1. The first-order chi connectivity index (χ1) is 12.5. The molecule has 0 spiro atoms. The number of aryl methyl sites for hydroxylation is 2. The zero-order valence-corrected chi connectivity index (χ0v) is 16.6. The molecule has 0 amide bonds. The molecule has 0 heterocycles. The topological polar surface area (TPSA) is 69.2 Å². The van der Waals surface area contributed by atoms with Crippen LogP contribution >= 0.6 is 0 Å². The molecular weight excluding hydrogens is 324 g/mol. The lowest BCUT2D eigenvalue weighted by molar-refractivity contribution is -0.385. The van der Waals surface area contributed by atoms with Gasteiger partial charge in [0.25, 0.3) is 5.69 Å². The van der Waals surface area contributed by atoms with Crippen molar-refractivity contribution in [1.82, 2.24) is 0 Å². The smallest absolute Gasteiger partial charge is 0.272 e. The number of nitrogen functional groups attached to an aromatic ring is 1. The predicted octanol–water partition coefficient (Wildman–Crippen LogP) is 6.69. The van der Waals surface area contributed by atoms with E-state index in [0.29, 0.717) is 5.56 Å². The van der Waals surface area contributed by atoms with Crippen LogP contribution in [0.15, 0.2) is 60.7 Å². The highest BCUT2D eigenvalue weighted by Gasteiger charge is 2.06. The lowest BCUT2D eigenvalue weighted by Crippen LogP contribution is -1.90. The molecule has 0 unspecified atom stereocenters. The van der Waals surface area contributed by atoms with E-state index in [2.05, 4.69) is 24.3 Å². The van der Waals surface area contributed by atoms with Crippen LogP contribution in [0, 0.1) is 24.0 Å². The van der Waals surface area contributed by atoms with Crippen LogP contribution in [-0.2, 0) is 0 Å².